The monoisotopic (exact) mass is 255 g/mol. The number of methoxy groups -OCH3 is 1. The fourth-order valence-electron chi connectivity index (χ4n) is 3.11. The number of ether oxygens (including phenoxy) is 1. The zero-order valence-corrected chi connectivity index (χ0v) is 13.1. The molecule has 0 aromatic heterocycles. The maximum Gasteiger partial charge on any atom is 0.0462 e. The third kappa shape index (κ3) is 6.19. The van der Waals surface area contributed by atoms with Crippen LogP contribution in [0.3, 0.4) is 0 Å². The van der Waals surface area contributed by atoms with Gasteiger partial charge in [-0.25, -0.2) is 0 Å². The van der Waals surface area contributed by atoms with Gasteiger partial charge in [0.1, 0.15) is 0 Å². The van der Waals surface area contributed by atoms with E-state index in [1.165, 1.54) is 38.6 Å². The summed E-state index contributed by atoms with van der Waals surface area (Å²) >= 11 is 0. The molecule has 0 bridgehead atoms. The number of rotatable bonds is 6. The van der Waals surface area contributed by atoms with Gasteiger partial charge < -0.3 is 10.1 Å². The number of nitrogens with one attached hydrogen (secondary N) is 1. The fraction of sp³-hybridized carbons (Fsp3) is 1.00. The topological polar surface area (TPSA) is 21.3 Å². The predicted octanol–water partition coefficient (Wildman–Crippen LogP) is 3.85. The molecule has 0 amide bonds. The van der Waals surface area contributed by atoms with Crippen molar-refractivity contribution in [3.8, 4) is 0 Å². The average Bonchev–Trinajstić information content (AvgIpc) is 2.27. The van der Waals surface area contributed by atoms with Crippen molar-refractivity contribution in [1.29, 1.82) is 0 Å². The quantitative estimate of drug-likeness (QED) is 0.728. The summed E-state index contributed by atoms with van der Waals surface area (Å²) < 4.78 is 5.19. The SMILES string of the molecule is COCCCC1CC(C)CCC1CNC(C)(C)C. The molecule has 0 heterocycles. The molecule has 0 radical (unpaired) electrons. The van der Waals surface area contributed by atoms with Gasteiger partial charge in [0.05, 0.1) is 0 Å². The molecule has 0 saturated heterocycles. The molecule has 0 aromatic carbocycles. The molecule has 1 N–H and O–H groups in total. The normalized spacial score (nSPS) is 29.5. The molecule has 1 rings (SSSR count). The van der Waals surface area contributed by atoms with E-state index in [-0.39, 0.29) is 5.54 Å². The van der Waals surface area contributed by atoms with Gasteiger partial charge >= 0.3 is 0 Å². The van der Waals surface area contributed by atoms with E-state index < -0.39 is 0 Å². The highest BCUT2D eigenvalue weighted by Crippen LogP contribution is 2.36. The lowest BCUT2D eigenvalue weighted by Crippen LogP contribution is -2.42. The minimum absolute atomic E-state index is 0.250. The first-order chi connectivity index (χ1) is 8.42. The first kappa shape index (κ1) is 16.0. The summed E-state index contributed by atoms with van der Waals surface area (Å²) in [5.74, 6) is 2.69. The molecule has 18 heavy (non-hydrogen) atoms. The summed E-state index contributed by atoms with van der Waals surface area (Å²) in [6.45, 7) is 11.3. The molecule has 0 aromatic rings. The van der Waals surface area contributed by atoms with Crippen molar-refractivity contribution in [3.63, 3.8) is 0 Å². The summed E-state index contributed by atoms with van der Waals surface area (Å²) in [6, 6.07) is 0. The Labute approximate surface area is 114 Å². The smallest absolute Gasteiger partial charge is 0.0462 e. The molecule has 0 aliphatic heterocycles. The molecule has 108 valence electrons. The minimum Gasteiger partial charge on any atom is -0.385 e. The minimum atomic E-state index is 0.250. The number of hydrogen-bond acceptors (Lipinski definition) is 2. The van der Waals surface area contributed by atoms with Gasteiger partial charge in [-0.3, -0.25) is 0 Å². The van der Waals surface area contributed by atoms with E-state index >= 15 is 0 Å². The standard InChI is InChI=1S/C16H33NO/c1-13-8-9-15(12-17-16(2,3)4)14(11-13)7-6-10-18-5/h13-15,17H,6-12H2,1-5H3. The van der Waals surface area contributed by atoms with E-state index in [0.29, 0.717) is 0 Å². The van der Waals surface area contributed by atoms with E-state index in [2.05, 4.69) is 33.0 Å². The Morgan fingerprint density at radius 1 is 1.17 bits per heavy atom. The largest absolute Gasteiger partial charge is 0.385 e. The molecule has 3 unspecified atom stereocenters. The third-order valence-corrected chi connectivity index (χ3v) is 4.22. The lowest BCUT2D eigenvalue weighted by atomic mass is 9.72. The molecule has 0 spiro atoms. The fourth-order valence-corrected chi connectivity index (χ4v) is 3.11. The van der Waals surface area contributed by atoms with Crippen LogP contribution in [-0.4, -0.2) is 25.8 Å². The van der Waals surface area contributed by atoms with Crippen LogP contribution in [0.15, 0.2) is 0 Å². The van der Waals surface area contributed by atoms with Gasteiger partial charge in [0, 0.05) is 19.3 Å². The van der Waals surface area contributed by atoms with Crippen molar-refractivity contribution >= 4 is 0 Å². The maximum absolute atomic E-state index is 5.19. The Balaban J connectivity index is 2.40. The Bertz CT molecular complexity index is 222. The van der Waals surface area contributed by atoms with Crippen LogP contribution >= 0.6 is 0 Å². The van der Waals surface area contributed by atoms with Gasteiger partial charge in [0.25, 0.3) is 0 Å². The Morgan fingerprint density at radius 3 is 2.50 bits per heavy atom. The summed E-state index contributed by atoms with van der Waals surface area (Å²) in [5, 5.41) is 3.70. The van der Waals surface area contributed by atoms with Gasteiger partial charge in [0.2, 0.25) is 0 Å². The van der Waals surface area contributed by atoms with Crippen LogP contribution in [0.1, 0.15) is 59.8 Å². The molecule has 2 nitrogen and oxygen atoms in total. The molecule has 1 aliphatic rings. The van der Waals surface area contributed by atoms with E-state index in [9.17, 15) is 0 Å². The molecular weight excluding hydrogens is 222 g/mol. The molecule has 1 saturated carbocycles. The van der Waals surface area contributed by atoms with Crippen molar-refractivity contribution in [2.24, 2.45) is 17.8 Å². The molecule has 1 aliphatic carbocycles. The van der Waals surface area contributed by atoms with E-state index in [0.717, 1.165) is 24.4 Å². The average molecular weight is 255 g/mol. The number of hydrogen-bond donors (Lipinski definition) is 1. The molecule has 2 heteroatoms. The second kappa shape index (κ2) is 7.49. The van der Waals surface area contributed by atoms with Crippen LogP contribution in [0.2, 0.25) is 0 Å². The second-order valence-electron chi connectivity index (χ2n) is 7.20. The predicted molar refractivity (Wildman–Crippen MR) is 78.9 cm³/mol. The van der Waals surface area contributed by atoms with Gasteiger partial charge in [-0.15, -0.1) is 0 Å². The Hall–Kier alpha value is -0.0800. The van der Waals surface area contributed by atoms with Crippen molar-refractivity contribution in [2.45, 2.75) is 65.3 Å². The maximum atomic E-state index is 5.19. The summed E-state index contributed by atoms with van der Waals surface area (Å²) in [5.41, 5.74) is 0.250. The van der Waals surface area contributed by atoms with Crippen LogP contribution in [0.4, 0.5) is 0 Å². The third-order valence-electron chi connectivity index (χ3n) is 4.22. The van der Waals surface area contributed by atoms with Crippen LogP contribution in [-0.2, 0) is 4.74 Å². The van der Waals surface area contributed by atoms with Crippen molar-refractivity contribution < 1.29 is 4.74 Å². The first-order valence-electron chi connectivity index (χ1n) is 7.66. The zero-order valence-electron chi connectivity index (χ0n) is 13.1. The highest BCUT2D eigenvalue weighted by atomic mass is 16.5. The van der Waals surface area contributed by atoms with E-state index in [4.69, 9.17) is 4.74 Å². The molecule has 3 atom stereocenters. The Morgan fingerprint density at radius 2 is 1.89 bits per heavy atom. The highest BCUT2D eigenvalue weighted by Gasteiger charge is 2.28. The zero-order chi connectivity index (χ0) is 13.6. The van der Waals surface area contributed by atoms with E-state index in [1.807, 2.05) is 7.11 Å². The highest BCUT2D eigenvalue weighted by molar-refractivity contribution is 4.82. The first-order valence-corrected chi connectivity index (χ1v) is 7.66. The van der Waals surface area contributed by atoms with Crippen LogP contribution in [0, 0.1) is 17.8 Å². The van der Waals surface area contributed by atoms with Crippen LogP contribution in [0.25, 0.3) is 0 Å². The Kier molecular flexibility index (Phi) is 6.65. The van der Waals surface area contributed by atoms with Crippen molar-refractivity contribution in [3.05, 3.63) is 0 Å². The lowest BCUT2D eigenvalue weighted by Gasteiger charge is -2.37. The lowest BCUT2D eigenvalue weighted by molar-refractivity contribution is 0.139. The summed E-state index contributed by atoms with van der Waals surface area (Å²) in [4.78, 5) is 0. The molecular formula is C16H33NO. The van der Waals surface area contributed by atoms with Gasteiger partial charge in [-0.05, 0) is 70.8 Å². The van der Waals surface area contributed by atoms with Gasteiger partial charge in [-0.1, -0.05) is 13.3 Å². The van der Waals surface area contributed by atoms with Crippen molar-refractivity contribution in [2.75, 3.05) is 20.3 Å². The van der Waals surface area contributed by atoms with Crippen LogP contribution in [0.5, 0.6) is 0 Å². The van der Waals surface area contributed by atoms with E-state index in [1.54, 1.807) is 0 Å². The van der Waals surface area contributed by atoms with Crippen molar-refractivity contribution in [1.82, 2.24) is 5.32 Å². The second-order valence-corrected chi connectivity index (χ2v) is 7.20. The van der Waals surface area contributed by atoms with Gasteiger partial charge in [0.15, 0.2) is 0 Å². The van der Waals surface area contributed by atoms with Gasteiger partial charge in [-0.2, -0.15) is 0 Å². The molecule has 1 fully saturated rings. The summed E-state index contributed by atoms with van der Waals surface area (Å²) in [7, 11) is 1.81. The van der Waals surface area contributed by atoms with Crippen LogP contribution < -0.4 is 5.32 Å². The summed E-state index contributed by atoms with van der Waals surface area (Å²) in [6.07, 6.45) is 6.80.